The quantitative estimate of drug-likeness (QED) is 0.241. The van der Waals surface area contributed by atoms with Crippen LogP contribution in [0.4, 0.5) is 9.18 Å². The Bertz CT molecular complexity index is 1460. The molecule has 1 aliphatic heterocycles. The van der Waals surface area contributed by atoms with Crippen molar-refractivity contribution >= 4 is 40.4 Å². The monoisotopic (exact) mass is 474 g/mol. The Balaban J connectivity index is 1.56. The van der Waals surface area contributed by atoms with Crippen LogP contribution in [0.25, 0.3) is 16.8 Å². The summed E-state index contributed by atoms with van der Waals surface area (Å²) in [6.07, 6.45) is 2.43. The van der Waals surface area contributed by atoms with Crippen molar-refractivity contribution in [3.05, 3.63) is 101 Å². The summed E-state index contributed by atoms with van der Waals surface area (Å²) in [6, 6.07) is 19.5. The third-order valence-electron chi connectivity index (χ3n) is 5.25. The van der Waals surface area contributed by atoms with E-state index in [2.05, 4.69) is 15.3 Å². The van der Waals surface area contributed by atoms with E-state index >= 15 is 0 Å². The zero-order chi connectivity index (χ0) is 23.7. The number of amides is 3. The maximum absolute atomic E-state index is 14.2. The molecule has 0 spiro atoms. The lowest BCUT2D eigenvalue weighted by molar-refractivity contribution is -0.123. The Morgan fingerprint density at radius 3 is 2.62 bits per heavy atom. The van der Waals surface area contributed by atoms with Crippen molar-refractivity contribution in [1.82, 2.24) is 20.2 Å². The summed E-state index contributed by atoms with van der Waals surface area (Å²) in [5.41, 5.74) is 1.36. The van der Waals surface area contributed by atoms with Gasteiger partial charge in [0.2, 0.25) is 11.1 Å². The highest BCUT2D eigenvalue weighted by molar-refractivity contribution is 6.28. The van der Waals surface area contributed by atoms with E-state index in [4.69, 9.17) is 16.3 Å². The second-order valence-electron chi connectivity index (χ2n) is 7.46. The van der Waals surface area contributed by atoms with Crippen LogP contribution in [0.15, 0.2) is 78.6 Å². The van der Waals surface area contributed by atoms with Crippen LogP contribution in [-0.4, -0.2) is 26.8 Å². The van der Waals surface area contributed by atoms with Gasteiger partial charge < -0.3 is 10.1 Å². The number of hydrogen-bond acceptors (Lipinski definition) is 5. The molecule has 3 amide bonds. The van der Waals surface area contributed by atoms with Crippen LogP contribution < -0.4 is 10.1 Å². The number of rotatable bonds is 5. The molecule has 168 valence electrons. The number of halogens is 2. The predicted molar refractivity (Wildman–Crippen MR) is 125 cm³/mol. The van der Waals surface area contributed by atoms with Gasteiger partial charge in [-0.15, -0.1) is 0 Å². The van der Waals surface area contributed by atoms with Crippen molar-refractivity contribution in [2.45, 2.75) is 6.54 Å². The van der Waals surface area contributed by atoms with E-state index in [0.29, 0.717) is 5.56 Å². The Morgan fingerprint density at radius 2 is 1.79 bits per heavy atom. The van der Waals surface area contributed by atoms with E-state index in [9.17, 15) is 14.0 Å². The first-order valence-corrected chi connectivity index (χ1v) is 10.6. The molecule has 1 fully saturated rings. The van der Waals surface area contributed by atoms with E-state index in [0.717, 1.165) is 27.4 Å². The first-order chi connectivity index (χ1) is 16.5. The highest BCUT2D eigenvalue weighted by Gasteiger charge is 2.34. The summed E-state index contributed by atoms with van der Waals surface area (Å²) in [4.78, 5) is 34.1. The molecule has 34 heavy (non-hydrogen) atoms. The fraction of sp³-hybridized carbons (Fsp3) is 0.0400. The number of carbonyl (C=O) groups is 2. The van der Waals surface area contributed by atoms with Gasteiger partial charge in [0.1, 0.15) is 11.4 Å². The topological polar surface area (TPSA) is 84.4 Å². The van der Waals surface area contributed by atoms with Gasteiger partial charge in [0, 0.05) is 5.56 Å². The van der Waals surface area contributed by atoms with E-state index in [1.807, 2.05) is 54.6 Å². The van der Waals surface area contributed by atoms with Crippen LogP contribution in [-0.2, 0) is 11.3 Å². The van der Waals surface area contributed by atoms with Gasteiger partial charge in [0.15, 0.2) is 0 Å². The largest absolute Gasteiger partial charge is 0.436 e. The Labute approximate surface area is 198 Å². The zero-order valence-corrected chi connectivity index (χ0v) is 18.3. The maximum atomic E-state index is 14.2. The number of nitrogens with one attached hydrogen (secondary N) is 1. The molecule has 1 N–H and O–H groups in total. The van der Waals surface area contributed by atoms with Crippen molar-refractivity contribution < 1.29 is 18.7 Å². The van der Waals surface area contributed by atoms with Crippen molar-refractivity contribution in [2.75, 3.05) is 0 Å². The number of imide groups is 1. The fourth-order valence-corrected chi connectivity index (χ4v) is 3.77. The normalized spacial score (nSPS) is 14.6. The molecule has 1 saturated heterocycles. The van der Waals surface area contributed by atoms with Gasteiger partial charge in [0.05, 0.1) is 12.7 Å². The van der Waals surface area contributed by atoms with E-state index in [1.54, 1.807) is 12.1 Å². The average molecular weight is 475 g/mol. The van der Waals surface area contributed by atoms with Gasteiger partial charge in [-0.3, -0.25) is 9.69 Å². The van der Waals surface area contributed by atoms with Crippen LogP contribution in [0.3, 0.4) is 0 Å². The molecule has 4 aromatic rings. The average Bonchev–Trinajstić information content (AvgIpc) is 3.11. The summed E-state index contributed by atoms with van der Waals surface area (Å²) in [5.74, 6) is -1.41. The summed E-state index contributed by atoms with van der Waals surface area (Å²) in [6.45, 7) is 0.131. The van der Waals surface area contributed by atoms with Crippen LogP contribution in [0, 0.1) is 5.82 Å². The molecule has 0 radical (unpaired) electrons. The molecule has 0 aliphatic carbocycles. The summed E-state index contributed by atoms with van der Waals surface area (Å²) < 4.78 is 20.0. The molecule has 9 heteroatoms. The lowest BCUT2D eigenvalue weighted by atomic mass is 10.0. The van der Waals surface area contributed by atoms with Gasteiger partial charge >= 0.3 is 6.03 Å². The molecule has 1 aliphatic rings. The lowest BCUT2D eigenvalue weighted by Crippen LogP contribution is -2.30. The number of aromatic nitrogens is 2. The zero-order valence-electron chi connectivity index (χ0n) is 17.5. The first kappa shape index (κ1) is 21.5. The van der Waals surface area contributed by atoms with Crippen molar-refractivity contribution in [2.24, 2.45) is 0 Å². The first-order valence-electron chi connectivity index (χ1n) is 10.3. The van der Waals surface area contributed by atoms with Crippen molar-refractivity contribution in [3.8, 4) is 11.6 Å². The van der Waals surface area contributed by atoms with E-state index in [-0.39, 0.29) is 29.2 Å². The Morgan fingerprint density at radius 1 is 1.03 bits per heavy atom. The molecule has 0 saturated carbocycles. The smallest absolute Gasteiger partial charge is 0.329 e. The van der Waals surface area contributed by atoms with Crippen LogP contribution in [0.5, 0.6) is 11.6 Å². The number of fused-ring (bicyclic) bond motifs is 1. The second kappa shape index (κ2) is 8.92. The third-order valence-corrected chi connectivity index (χ3v) is 5.44. The molecular formula is C25H16ClFN4O3. The van der Waals surface area contributed by atoms with Gasteiger partial charge in [-0.1, -0.05) is 60.7 Å². The molecule has 0 unspecified atom stereocenters. The summed E-state index contributed by atoms with van der Waals surface area (Å²) >= 11 is 5.79. The minimum Gasteiger partial charge on any atom is -0.436 e. The Hall–Kier alpha value is -4.30. The highest BCUT2D eigenvalue weighted by Crippen LogP contribution is 2.34. The number of carbonyl (C=O) groups excluding carboxylic acids is 2. The standard InChI is InChI=1S/C25H16ClFN4O3/c26-24-28-13-19(27)22(30-24)34-21-11-10-16-8-4-5-9-17(16)18(21)12-20-23(32)31(25(33)29-20)14-15-6-2-1-3-7-15/h1-13H,14H2,(H,29,33)/b20-12+. The Kier molecular flexibility index (Phi) is 5.65. The molecule has 2 heterocycles. The number of ether oxygens (including phenoxy) is 1. The second-order valence-corrected chi connectivity index (χ2v) is 7.80. The highest BCUT2D eigenvalue weighted by atomic mass is 35.5. The molecule has 7 nitrogen and oxygen atoms in total. The molecule has 1 aromatic heterocycles. The van der Waals surface area contributed by atoms with Crippen molar-refractivity contribution in [3.63, 3.8) is 0 Å². The number of benzene rings is 3. The molecule has 5 rings (SSSR count). The predicted octanol–water partition coefficient (Wildman–Crippen LogP) is 5.31. The SMILES string of the molecule is O=C1N/C(=C/c2c(Oc3nc(Cl)ncc3F)ccc3ccccc23)C(=O)N1Cc1ccccc1. The molecule has 0 atom stereocenters. The minimum atomic E-state index is -0.796. The molecule has 3 aromatic carbocycles. The van der Waals surface area contributed by atoms with Gasteiger partial charge in [-0.25, -0.2) is 9.78 Å². The van der Waals surface area contributed by atoms with Crippen molar-refractivity contribution in [1.29, 1.82) is 0 Å². The van der Waals surface area contributed by atoms with Gasteiger partial charge in [-0.05, 0) is 40.1 Å². The number of nitrogens with zero attached hydrogens (tertiary/aromatic N) is 3. The lowest BCUT2D eigenvalue weighted by Gasteiger charge is -2.13. The van der Waals surface area contributed by atoms with Crippen LogP contribution in [0.1, 0.15) is 11.1 Å². The molecule has 0 bridgehead atoms. The molecular weight excluding hydrogens is 459 g/mol. The van der Waals surface area contributed by atoms with Gasteiger partial charge in [-0.2, -0.15) is 9.37 Å². The third kappa shape index (κ3) is 4.18. The van der Waals surface area contributed by atoms with E-state index in [1.165, 1.54) is 6.08 Å². The van der Waals surface area contributed by atoms with Crippen LogP contribution >= 0.6 is 11.6 Å². The number of hydrogen-bond donors (Lipinski definition) is 1. The number of urea groups is 1. The fourth-order valence-electron chi connectivity index (χ4n) is 3.65. The van der Waals surface area contributed by atoms with E-state index < -0.39 is 17.8 Å². The van der Waals surface area contributed by atoms with Crippen LogP contribution in [0.2, 0.25) is 5.28 Å². The maximum Gasteiger partial charge on any atom is 0.329 e. The van der Waals surface area contributed by atoms with Gasteiger partial charge in [0.25, 0.3) is 11.8 Å². The summed E-state index contributed by atoms with van der Waals surface area (Å²) in [7, 11) is 0. The minimum absolute atomic E-state index is 0.0725. The summed E-state index contributed by atoms with van der Waals surface area (Å²) in [5, 5.41) is 4.04.